The molecule has 0 saturated carbocycles. The van der Waals surface area contributed by atoms with Gasteiger partial charge in [-0.25, -0.2) is 0 Å². The van der Waals surface area contributed by atoms with Crippen LogP contribution in [0.2, 0.25) is 0 Å². The molecule has 0 aromatic carbocycles. The summed E-state index contributed by atoms with van der Waals surface area (Å²) in [5.74, 6) is -0.120. The van der Waals surface area contributed by atoms with Crippen molar-refractivity contribution in [3.8, 4) is 6.07 Å². The maximum Gasteiger partial charge on any atom is 0.269 e. The van der Waals surface area contributed by atoms with E-state index in [1.165, 1.54) is 22.0 Å². The predicted octanol–water partition coefficient (Wildman–Crippen LogP) is 1.97. The van der Waals surface area contributed by atoms with E-state index in [9.17, 15) is 9.59 Å². The van der Waals surface area contributed by atoms with Gasteiger partial charge in [0.05, 0.1) is 11.4 Å². The van der Waals surface area contributed by atoms with E-state index in [-0.39, 0.29) is 17.9 Å². The molecule has 2 rings (SSSR count). The molecule has 0 atom stereocenters. The highest BCUT2D eigenvalue weighted by atomic mass is 32.1. The van der Waals surface area contributed by atoms with Crippen LogP contribution in [0.3, 0.4) is 0 Å². The summed E-state index contributed by atoms with van der Waals surface area (Å²) in [4.78, 5) is 24.5. The third kappa shape index (κ3) is 2.24. The highest BCUT2D eigenvalue weighted by Crippen LogP contribution is 2.10. The first-order chi connectivity index (χ1) is 8.63. The molecule has 0 spiro atoms. The lowest BCUT2D eigenvalue weighted by Gasteiger charge is -2.08. The minimum atomic E-state index is -0.414. The van der Waals surface area contributed by atoms with Crippen LogP contribution in [0.4, 0.5) is 0 Å². The van der Waals surface area contributed by atoms with Gasteiger partial charge in [-0.3, -0.25) is 9.59 Å². The summed E-state index contributed by atoms with van der Waals surface area (Å²) in [5, 5.41) is 10.6. The van der Waals surface area contributed by atoms with Gasteiger partial charge in [0.25, 0.3) is 5.56 Å². The standard InChI is InChI=1S/C13H10N2O2S/c1-9-4-5-10(7-14)13(17)15(9)8-11(16)12-3-2-6-18-12/h2-6H,8H2,1H3. The summed E-state index contributed by atoms with van der Waals surface area (Å²) in [6.45, 7) is 1.71. The van der Waals surface area contributed by atoms with E-state index in [4.69, 9.17) is 5.26 Å². The van der Waals surface area contributed by atoms with Crippen molar-refractivity contribution in [3.63, 3.8) is 0 Å². The minimum absolute atomic E-state index is 0.0271. The number of aromatic nitrogens is 1. The number of hydrogen-bond acceptors (Lipinski definition) is 4. The molecule has 0 bridgehead atoms. The number of nitrogens with zero attached hydrogens (tertiary/aromatic N) is 2. The molecular weight excluding hydrogens is 248 g/mol. The van der Waals surface area contributed by atoms with Crippen molar-refractivity contribution in [1.29, 1.82) is 5.26 Å². The van der Waals surface area contributed by atoms with Gasteiger partial charge in [0.1, 0.15) is 11.6 Å². The van der Waals surface area contributed by atoms with Gasteiger partial charge in [0, 0.05) is 5.69 Å². The molecule has 18 heavy (non-hydrogen) atoms. The van der Waals surface area contributed by atoms with Crippen molar-refractivity contribution < 1.29 is 4.79 Å². The summed E-state index contributed by atoms with van der Waals surface area (Å²) in [5.41, 5.74) is 0.311. The second-order valence-corrected chi connectivity index (χ2v) is 4.74. The van der Waals surface area contributed by atoms with Crippen LogP contribution in [-0.2, 0) is 6.54 Å². The second-order valence-electron chi connectivity index (χ2n) is 3.79. The predicted molar refractivity (Wildman–Crippen MR) is 68.8 cm³/mol. The van der Waals surface area contributed by atoms with E-state index in [1.807, 2.05) is 11.4 Å². The number of rotatable bonds is 3. The second kappa shape index (κ2) is 4.98. The molecule has 2 aromatic rings. The summed E-state index contributed by atoms with van der Waals surface area (Å²) in [6, 6.07) is 8.49. The van der Waals surface area contributed by atoms with Gasteiger partial charge in [-0.15, -0.1) is 11.3 Å². The molecular formula is C13H10N2O2S. The largest absolute Gasteiger partial charge is 0.304 e. The number of Topliss-reactive ketones (excluding diaryl/α,β-unsaturated/α-hetero) is 1. The van der Waals surface area contributed by atoms with Crippen LogP contribution in [0.1, 0.15) is 20.9 Å². The average Bonchev–Trinajstić information content (AvgIpc) is 2.88. The number of thiophene rings is 1. The third-order valence-corrected chi connectivity index (χ3v) is 3.52. The fraction of sp³-hybridized carbons (Fsp3) is 0.154. The first kappa shape index (κ1) is 12.3. The molecule has 2 aromatic heterocycles. The summed E-state index contributed by atoms with van der Waals surface area (Å²) in [6.07, 6.45) is 0. The van der Waals surface area contributed by atoms with Crippen molar-refractivity contribution in [1.82, 2.24) is 4.57 Å². The van der Waals surface area contributed by atoms with E-state index >= 15 is 0 Å². The van der Waals surface area contributed by atoms with Gasteiger partial charge in [-0.1, -0.05) is 6.07 Å². The molecule has 0 fully saturated rings. The topological polar surface area (TPSA) is 62.9 Å². The maximum atomic E-state index is 11.9. The summed E-state index contributed by atoms with van der Waals surface area (Å²) in [7, 11) is 0. The van der Waals surface area contributed by atoms with Crippen molar-refractivity contribution >= 4 is 17.1 Å². The lowest BCUT2D eigenvalue weighted by atomic mass is 10.2. The molecule has 2 heterocycles. The Labute approximate surface area is 108 Å². The Morgan fingerprint density at radius 2 is 2.22 bits per heavy atom. The first-order valence-electron chi connectivity index (χ1n) is 5.30. The first-order valence-corrected chi connectivity index (χ1v) is 6.18. The molecule has 90 valence electrons. The van der Waals surface area contributed by atoms with Crippen molar-refractivity contribution in [3.05, 3.63) is 56.1 Å². The van der Waals surface area contributed by atoms with Crippen molar-refractivity contribution in [2.24, 2.45) is 0 Å². The van der Waals surface area contributed by atoms with Crippen LogP contribution in [0.5, 0.6) is 0 Å². The highest BCUT2D eigenvalue weighted by Gasteiger charge is 2.12. The van der Waals surface area contributed by atoms with Gasteiger partial charge >= 0.3 is 0 Å². The molecule has 0 saturated heterocycles. The van der Waals surface area contributed by atoms with Gasteiger partial charge in [-0.2, -0.15) is 5.26 Å². The third-order valence-electron chi connectivity index (χ3n) is 2.61. The molecule has 0 unspecified atom stereocenters. The van der Waals surface area contributed by atoms with Crippen molar-refractivity contribution in [2.45, 2.75) is 13.5 Å². The highest BCUT2D eigenvalue weighted by molar-refractivity contribution is 7.12. The van der Waals surface area contributed by atoms with Gasteiger partial charge < -0.3 is 4.57 Å². The smallest absolute Gasteiger partial charge is 0.269 e. The van der Waals surface area contributed by atoms with E-state index in [2.05, 4.69) is 0 Å². The number of pyridine rings is 1. The van der Waals surface area contributed by atoms with E-state index in [0.29, 0.717) is 10.6 Å². The fourth-order valence-electron chi connectivity index (χ4n) is 1.61. The molecule has 0 aliphatic rings. The molecule has 0 aliphatic heterocycles. The Hall–Kier alpha value is -2.19. The molecule has 5 heteroatoms. The quantitative estimate of drug-likeness (QED) is 0.791. The minimum Gasteiger partial charge on any atom is -0.304 e. The SMILES string of the molecule is Cc1ccc(C#N)c(=O)n1CC(=O)c1cccs1. The Morgan fingerprint density at radius 1 is 1.44 bits per heavy atom. The van der Waals surface area contributed by atoms with Gasteiger partial charge in [0.2, 0.25) is 0 Å². The summed E-state index contributed by atoms with van der Waals surface area (Å²) >= 11 is 1.34. The monoisotopic (exact) mass is 258 g/mol. The maximum absolute atomic E-state index is 11.9. The van der Waals surface area contributed by atoms with Crippen LogP contribution in [0, 0.1) is 18.3 Å². The number of carbonyl (C=O) groups is 1. The Morgan fingerprint density at radius 3 is 2.83 bits per heavy atom. The lowest BCUT2D eigenvalue weighted by molar-refractivity contribution is 0.0974. The number of hydrogen-bond donors (Lipinski definition) is 0. The van der Waals surface area contributed by atoms with Crippen LogP contribution in [0.15, 0.2) is 34.4 Å². The van der Waals surface area contributed by atoms with Crippen LogP contribution in [-0.4, -0.2) is 10.4 Å². The molecule has 0 aliphatic carbocycles. The zero-order valence-corrected chi connectivity index (χ0v) is 10.5. The van der Waals surface area contributed by atoms with Crippen LogP contribution in [0.25, 0.3) is 0 Å². The van der Waals surface area contributed by atoms with Crippen LogP contribution >= 0.6 is 11.3 Å². The van der Waals surface area contributed by atoms with E-state index in [0.717, 1.165) is 0 Å². The molecule has 0 radical (unpaired) electrons. The zero-order chi connectivity index (χ0) is 13.1. The average molecular weight is 258 g/mol. The fourth-order valence-corrected chi connectivity index (χ4v) is 2.27. The Bertz CT molecular complexity index is 678. The van der Waals surface area contributed by atoms with E-state index in [1.54, 1.807) is 25.1 Å². The lowest BCUT2D eigenvalue weighted by Crippen LogP contribution is -2.27. The number of carbonyl (C=O) groups excluding carboxylic acids is 1. The Kier molecular flexibility index (Phi) is 3.40. The normalized spacial score (nSPS) is 10.0. The molecule has 0 amide bonds. The number of aryl methyl sites for hydroxylation is 1. The van der Waals surface area contributed by atoms with E-state index < -0.39 is 5.56 Å². The Balaban J connectivity index is 2.39. The van der Waals surface area contributed by atoms with Crippen molar-refractivity contribution in [2.75, 3.05) is 0 Å². The van der Waals surface area contributed by atoms with Crippen LogP contribution < -0.4 is 5.56 Å². The van der Waals surface area contributed by atoms with Gasteiger partial charge in [0.15, 0.2) is 5.78 Å². The molecule has 4 nitrogen and oxygen atoms in total. The van der Waals surface area contributed by atoms with Gasteiger partial charge in [-0.05, 0) is 30.5 Å². The zero-order valence-electron chi connectivity index (χ0n) is 9.71. The number of nitriles is 1. The summed E-state index contributed by atoms with van der Waals surface area (Å²) < 4.78 is 1.33. The number of ketones is 1. The molecule has 0 N–H and O–H groups in total.